The molecule has 6 nitrogen and oxygen atoms in total. The van der Waals surface area contributed by atoms with Crippen molar-refractivity contribution in [1.29, 1.82) is 0 Å². The smallest absolute Gasteiger partial charge is 0.289 e. The van der Waals surface area contributed by atoms with Crippen LogP contribution in [0.15, 0.2) is 59.0 Å². The Morgan fingerprint density at radius 1 is 1.16 bits per heavy atom. The number of rotatable bonds is 4. The van der Waals surface area contributed by atoms with Crippen LogP contribution in [0.1, 0.15) is 27.5 Å². The van der Waals surface area contributed by atoms with Gasteiger partial charge in [-0.1, -0.05) is 24.3 Å². The van der Waals surface area contributed by atoms with Crippen molar-refractivity contribution in [3.05, 3.63) is 70.9 Å². The van der Waals surface area contributed by atoms with Crippen LogP contribution in [0.4, 0.5) is 0 Å². The van der Waals surface area contributed by atoms with Crippen molar-refractivity contribution >= 4 is 49.9 Å². The van der Waals surface area contributed by atoms with E-state index in [9.17, 15) is 9.59 Å². The summed E-state index contributed by atoms with van der Waals surface area (Å²) in [6.45, 7) is 1.28. The molecule has 0 spiro atoms. The Balaban J connectivity index is 1.32. The second-order valence-corrected chi connectivity index (χ2v) is 9.26. The Kier molecular flexibility index (Phi) is 5.27. The van der Waals surface area contributed by atoms with Gasteiger partial charge in [0, 0.05) is 32.6 Å². The summed E-state index contributed by atoms with van der Waals surface area (Å²) in [7, 11) is 3.40. The highest BCUT2D eigenvalue weighted by Crippen LogP contribution is 2.28. The molecule has 0 atom stereocenters. The number of furan rings is 1. The molecule has 0 saturated carbocycles. The third-order valence-electron chi connectivity index (χ3n) is 5.65. The van der Waals surface area contributed by atoms with Crippen molar-refractivity contribution in [3.63, 3.8) is 0 Å². The molecular weight excluding hydrogens is 422 g/mol. The molecule has 0 fully saturated rings. The Morgan fingerprint density at radius 3 is 2.81 bits per heavy atom. The van der Waals surface area contributed by atoms with E-state index in [1.807, 2.05) is 47.4 Å². The average Bonchev–Trinajstić information content (AvgIpc) is 3.41. The Morgan fingerprint density at radius 2 is 2.00 bits per heavy atom. The monoisotopic (exact) mass is 445 g/mol. The first-order chi connectivity index (χ1) is 15.5. The Bertz CT molecular complexity index is 1330. The summed E-state index contributed by atoms with van der Waals surface area (Å²) < 4.78 is 6.81. The van der Waals surface area contributed by atoms with Gasteiger partial charge in [-0.05, 0) is 47.9 Å². The summed E-state index contributed by atoms with van der Waals surface area (Å²) in [4.78, 5) is 33.2. The molecule has 0 unspecified atom stereocenters. The molecule has 7 heteroatoms. The van der Waals surface area contributed by atoms with Gasteiger partial charge in [-0.2, -0.15) is 0 Å². The maximum Gasteiger partial charge on any atom is 0.289 e. The molecule has 0 aliphatic carbocycles. The zero-order chi connectivity index (χ0) is 22.2. The van der Waals surface area contributed by atoms with E-state index in [4.69, 9.17) is 4.42 Å². The van der Waals surface area contributed by atoms with Crippen molar-refractivity contribution in [2.75, 3.05) is 27.2 Å². The van der Waals surface area contributed by atoms with Crippen molar-refractivity contribution in [3.8, 4) is 0 Å². The van der Waals surface area contributed by atoms with Gasteiger partial charge in [0.1, 0.15) is 10.6 Å². The molecule has 3 heterocycles. The second-order valence-electron chi connectivity index (χ2n) is 8.15. The maximum atomic E-state index is 13.0. The minimum absolute atomic E-state index is 0.0953. The number of aromatic nitrogens is 1. The van der Waals surface area contributed by atoms with Gasteiger partial charge in [-0.25, -0.2) is 4.98 Å². The normalized spacial score (nSPS) is 14.1. The molecule has 2 aromatic heterocycles. The number of thiazole rings is 1. The van der Waals surface area contributed by atoms with Crippen LogP contribution in [-0.2, 0) is 11.2 Å². The molecule has 162 valence electrons. The number of fused-ring (bicyclic) bond motifs is 2. The van der Waals surface area contributed by atoms with E-state index in [0.29, 0.717) is 30.9 Å². The molecule has 1 aliphatic heterocycles. The second kappa shape index (κ2) is 8.24. The van der Waals surface area contributed by atoms with Crippen LogP contribution >= 0.6 is 11.3 Å². The number of para-hydroxylation sites is 1. The molecule has 1 aliphatic rings. The quantitative estimate of drug-likeness (QED) is 0.460. The molecular formula is C25H23N3O3S. The molecule has 0 N–H and O–H groups in total. The minimum Gasteiger partial charge on any atom is -0.451 e. The van der Waals surface area contributed by atoms with Crippen LogP contribution in [0, 0.1) is 0 Å². The molecule has 2 aromatic carbocycles. The van der Waals surface area contributed by atoms with E-state index in [-0.39, 0.29) is 11.8 Å². The van der Waals surface area contributed by atoms with E-state index in [1.165, 1.54) is 4.90 Å². The fourth-order valence-electron chi connectivity index (χ4n) is 3.97. The Labute approximate surface area is 189 Å². The van der Waals surface area contributed by atoms with Crippen LogP contribution in [0.5, 0.6) is 0 Å². The van der Waals surface area contributed by atoms with Crippen LogP contribution in [0.25, 0.3) is 26.8 Å². The van der Waals surface area contributed by atoms with Crippen LogP contribution in [0.3, 0.4) is 0 Å². The van der Waals surface area contributed by atoms with Gasteiger partial charge >= 0.3 is 0 Å². The first-order valence-corrected chi connectivity index (χ1v) is 11.4. The summed E-state index contributed by atoms with van der Waals surface area (Å²) in [6.07, 6.45) is 3.33. The van der Waals surface area contributed by atoms with Crippen molar-refractivity contribution < 1.29 is 14.0 Å². The van der Waals surface area contributed by atoms with E-state index in [2.05, 4.69) is 11.1 Å². The average molecular weight is 446 g/mol. The molecule has 2 amide bonds. The lowest BCUT2D eigenvalue weighted by Gasteiger charge is -2.27. The third-order valence-corrected chi connectivity index (χ3v) is 6.68. The van der Waals surface area contributed by atoms with E-state index in [1.54, 1.807) is 31.5 Å². The van der Waals surface area contributed by atoms with Gasteiger partial charge in [0.25, 0.3) is 5.91 Å². The standard InChI is InChI=1S/C25H23N3O3S/c1-27(2)25(30)21-13-18-12-16(9-10-20(18)31-21)17-6-5-11-28(15-17)24(29)14-23-26-19-7-3-4-8-22(19)32-23/h3-4,6-10,12-13H,5,11,14-15H2,1-2H3. The summed E-state index contributed by atoms with van der Waals surface area (Å²) in [6, 6.07) is 15.6. The number of carbonyl (C=O) groups excluding carboxylic acids is 2. The highest BCUT2D eigenvalue weighted by molar-refractivity contribution is 7.18. The fourth-order valence-corrected chi connectivity index (χ4v) is 4.93. The third kappa shape index (κ3) is 3.91. The summed E-state index contributed by atoms with van der Waals surface area (Å²) in [5.41, 5.74) is 3.77. The lowest BCUT2D eigenvalue weighted by molar-refractivity contribution is -0.129. The lowest BCUT2D eigenvalue weighted by atomic mass is 9.99. The highest BCUT2D eigenvalue weighted by atomic mass is 32.1. The van der Waals surface area contributed by atoms with Crippen LogP contribution < -0.4 is 0 Å². The summed E-state index contributed by atoms with van der Waals surface area (Å²) in [5.74, 6) is 0.261. The predicted octanol–water partition coefficient (Wildman–Crippen LogP) is 4.60. The Hall–Kier alpha value is -3.45. The van der Waals surface area contributed by atoms with Crippen molar-refractivity contribution in [2.24, 2.45) is 0 Å². The number of amides is 2. The van der Waals surface area contributed by atoms with Gasteiger partial charge in [-0.3, -0.25) is 9.59 Å². The number of benzene rings is 2. The zero-order valence-corrected chi connectivity index (χ0v) is 18.8. The van der Waals surface area contributed by atoms with Gasteiger partial charge in [0.2, 0.25) is 5.91 Å². The first kappa shape index (κ1) is 20.5. The fraction of sp³-hybridized carbons (Fsp3) is 0.240. The molecule has 0 bridgehead atoms. The molecule has 0 radical (unpaired) electrons. The maximum absolute atomic E-state index is 13.0. The first-order valence-electron chi connectivity index (χ1n) is 10.5. The zero-order valence-electron chi connectivity index (χ0n) is 18.0. The topological polar surface area (TPSA) is 66.7 Å². The number of hydrogen-bond donors (Lipinski definition) is 0. The number of carbonyl (C=O) groups is 2. The lowest BCUT2D eigenvalue weighted by Crippen LogP contribution is -2.36. The van der Waals surface area contributed by atoms with Gasteiger partial charge in [0.15, 0.2) is 5.76 Å². The highest BCUT2D eigenvalue weighted by Gasteiger charge is 2.21. The van der Waals surface area contributed by atoms with Crippen molar-refractivity contribution in [2.45, 2.75) is 12.8 Å². The van der Waals surface area contributed by atoms with Gasteiger partial charge in [-0.15, -0.1) is 11.3 Å². The van der Waals surface area contributed by atoms with E-state index in [0.717, 1.165) is 38.2 Å². The van der Waals surface area contributed by atoms with Crippen LogP contribution in [0.2, 0.25) is 0 Å². The number of hydrogen-bond acceptors (Lipinski definition) is 5. The van der Waals surface area contributed by atoms with Gasteiger partial charge < -0.3 is 14.2 Å². The summed E-state index contributed by atoms with van der Waals surface area (Å²) in [5, 5.41) is 1.73. The largest absolute Gasteiger partial charge is 0.451 e. The summed E-state index contributed by atoms with van der Waals surface area (Å²) >= 11 is 1.58. The minimum atomic E-state index is -0.161. The SMILES string of the molecule is CN(C)C(=O)c1cc2cc(C3=CCCN(C(=O)Cc4nc5ccccc5s4)C3)ccc2o1. The molecule has 0 saturated heterocycles. The predicted molar refractivity (Wildman–Crippen MR) is 127 cm³/mol. The van der Waals surface area contributed by atoms with Gasteiger partial charge in [0.05, 0.1) is 16.6 Å². The number of nitrogens with zero attached hydrogens (tertiary/aromatic N) is 3. The van der Waals surface area contributed by atoms with Crippen molar-refractivity contribution in [1.82, 2.24) is 14.8 Å². The molecule has 32 heavy (non-hydrogen) atoms. The molecule has 4 aromatic rings. The van der Waals surface area contributed by atoms with E-state index >= 15 is 0 Å². The molecule has 5 rings (SSSR count). The van der Waals surface area contributed by atoms with Crippen LogP contribution in [-0.4, -0.2) is 53.8 Å². The van der Waals surface area contributed by atoms with E-state index < -0.39 is 0 Å².